The van der Waals surface area contributed by atoms with Crippen LogP contribution in [0.4, 0.5) is 13.6 Å². The molecule has 1 unspecified atom stereocenters. The van der Waals surface area contributed by atoms with Crippen LogP contribution in [0.3, 0.4) is 0 Å². The Kier molecular flexibility index (Phi) is 5.73. The second-order valence-corrected chi connectivity index (χ2v) is 6.88. The average Bonchev–Trinajstić information content (AvgIpc) is 2.56. The summed E-state index contributed by atoms with van der Waals surface area (Å²) >= 11 is 0. The maximum Gasteiger partial charge on any atom is 0.387 e. The predicted octanol–water partition coefficient (Wildman–Crippen LogP) is 3.06. The van der Waals surface area contributed by atoms with Crippen LogP contribution in [0.15, 0.2) is 18.2 Å². The highest BCUT2D eigenvalue weighted by molar-refractivity contribution is 5.75. The molecule has 1 heterocycles. The number of piperidine rings is 1. The lowest BCUT2D eigenvalue weighted by atomic mass is 9.87. The van der Waals surface area contributed by atoms with Crippen molar-refractivity contribution in [2.24, 2.45) is 0 Å². The molecule has 1 atom stereocenters. The minimum absolute atomic E-state index is 0.0874. The number of rotatable bonds is 4. The molecular formula is C18H25F2N3O2. The van der Waals surface area contributed by atoms with Crippen molar-refractivity contribution in [3.63, 3.8) is 0 Å². The van der Waals surface area contributed by atoms with E-state index in [-0.39, 0.29) is 23.9 Å². The quantitative estimate of drug-likeness (QED) is 0.875. The Balaban J connectivity index is 1.59. The normalized spacial score (nSPS) is 21.7. The fourth-order valence-electron chi connectivity index (χ4n) is 3.66. The fraction of sp³-hybridized carbons (Fsp3) is 0.611. The average molecular weight is 353 g/mol. The molecule has 1 aliphatic carbocycles. The van der Waals surface area contributed by atoms with Gasteiger partial charge in [0.2, 0.25) is 0 Å². The lowest BCUT2D eigenvalue weighted by Gasteiger charge is -2.31. The van der Waals surface area contributed by atoms with Gasteiger partial charge < -0.3 is 20.3 Å². The Morgan fingerprint density at radius 2 is 2.00 bits per heavy atom. The Bertz CT molecular complexity index is 604. The number of carbonyl (C=O) groups excluding carboxylic acids is 1. The minimum atomic E-state index is -2.82. The number of nitrogens with one attached hydrogen (secondary N) is 2. The highest BCUT2D eigenvalue weighted by atomic mass is 19.3. The van der Waals surface area contributed by atoms with E-state index in [1.807, 2.05) is 0 Å². The van der Waals surface area contributed by atoms with Gasteiger partial charge in [-0.05, 0) is 75.5 Å². The number of ether oxygens (including phenoxy) is 1. The van der Waals surface area contributed by atoms with Crippen molar-refractivity contribution in [2.75, 3.05) is 20.1 Å². The van der Waals surface area contributed by atoms with Crippen molar-refractivity contribution in [3.05, 3.63) is 29.3 Å². The van der Waals surface area contributed by atoms with E-state index in [1.165, 1.54) is 0 Å². The van der Waals surface area contributed by atoms with E-state index in [4.69, 9.17) is 0 Å². The molecule has 0 bridgehead atoms. The maximum atomic E-state index is 12.4. The number of urea groups is 1. The third-order valence-corrected chi connectivity index (χ3v) is 5.01. The molecule has 1 aliphatic heterocycles. The summed E-state index contributed by atoms with van der Waals surface area (Å²) in [6, 6.07) is 4.95. The van der Waals surface area contributed by atoms with Crippen LogP contribution < -0.4 is 15.4 Å². The van der Waals surface area contributed by atoms with E-state index in [1.54, 1.807) is 18.2 Å². The van der Waals surface area contributed by atoms with Gasteiger partial charge in [0, 0.05) is 6.04 Å². The van der Waals surface area contributed by atoms with Crippen molar-refractivity contribution in [3.8, 4) is 5.75 Å². The van der Waals surface area contributed by atoms with Crippen LogP contribution in [-0.4, -0.2) is 43.7 Å². The molecule has 2 N–H and O–H groups in total. The van der Waals surface area contributed by atoms with Gasteiger partial charge in [-0.2, -0.15) is 8.78 Å². The molecule has 2 amide bonds. The van der Waals surface area contributed by atoms with Gasteiger partial charge in [-0.1, -0.05) is 6.07 Å². The van der Waals surface area contributed by atoms with Crippen LogP contribution in [0.1, 0.15) is 42.9 Å². The lowest BCUT2D eigenvalue weighted by Crippen LogP contribution is -2.48. The van der Waals surface area contributed by atoms with Gasteiger partial charge in [-0.25, -0.2) is 4.79 Å². The molecule has 5 nitrogen and oxygen atoms in total. The van der Waals surface area contributed by atoms with Gasteiger partial charge in [-0.15, -0.1) is 0 Å². The number of hydrogen-bond donors (Lipinski definition) is 2. The van der Waals surface area contributed by atoms with Gasteiger partial charge in [0.25, 0.3) is 0 Å². The van der Waals surface area contributed by atoms with Crippen LogP contribution in [0.2, 0.25) is 0 Å². The molecule has 0 radical (unpaired) electrons. The number of fused-ring (bicyclic) bond motifs is 1. The SMILES string of the molecule is CN1CCC(NC(=O)NC2CCCc3cc(OC(F)F)ccc32)CC1. The molecule has 1 fully saturated rings. The zero-order valence-electron chi connectivity index (χ0n) is 14.4. The van der Waals surface area contributed by atoms with Crippen LogP contribution in [-0.2, 0) is 6.42 Å². The van der Waals surface area contributed by atoms with E-state index < -0.39 is 6.61 Å². The molecule has 3 rings (SSSR count). The number of benzene rings is 1. The zero-order valence-corrected chi connectivity index (χ0v) is 14.4. The maximum absolute atomic E-state index is 12.4. The first kappa shape index (κ1) is 17.9. The summed E-state index contributed by atoms with van der Waals surface area (Å²) < 4.78 is 29.2. The Hall–Kier alpha value is -1.89. The number of alkyl halides is 2. The van der Waals surface area contributed by atoms with Crippen molar-refractivity contribution in [1.29, 1.82) is 0 Å². The van der Waals surface area contributed by atoms with Crippen molar-refractivity contribution in [2.45, 2.75) is 50.8 Å². The van der Waals surface area contributed by atoms with E-state index in [0.717, 1.165) is 56.3 Å². The summed E-state index contributed by atoms with van der Waals surface area (Å²) in [5.41, 5.74) is 1.96. The molecule has 0 saturated carbocycles. The zero-order chi connectivity index (χ0) is 17.8. The molecule has 0 spiro atoms. The van der Waals surface area contributed by atoms with E-state index >= 15 is 0 Å². The van der Waals surface area contributed by atoms with Crippen LogP contribution in [0.25, 0.3) is 0 Å². The monoisotopic (exact) mass is 353 g/mol. The third-order valence-electron chi connectivity index (χ3n) is 5.01. The molecule has 1 aromatic rings. The van der Waals surface area contributed by atoms with Crippen LogP contribution in [0.5, 0.6) is 5.75 Å². The van der Waals surface area contributed by atoms with Crippen molar-refractivity contribution in [1.82, 2.24) is 15.5 Å². The predicted molar refractivity (Wildman–Crippen MR) is 90.9 cm³/mol. The Morgan fingerprint density at radius 3 is 2.72 bits per heavy atom. The summed E-state index contributed by atoms with van der Waals surface area (Å²) in [5, 5.41) is 6.10. The molecule has 2 aliphatic rings. The first-order valence-electron chi connectivity index (χ1n) is 8.84. The number of carbonyl (C=O) groups is 1. The molecule has 7 heteroatoms. The number of amides is 2. The minimum Gasteiger partial charge on any atom is -0.435 e. The van der Waals surface area contributed by atoms with E-state index in [9.17, 15) is 13.6 Å². The smallest absolute Gasteiger partial charge is 0.387 e. The summed E-state index contributed by atoms with van der Waals surface area (Å²) in [5.74, 6) is 0.171. The van der Waals surface area contributed by atoms with Crippen LogP contribution in [0, 0.1) is 0 Å². The molecule has 138 valence electrons. The first-order valence-corrected chi connectivity index (χ1v) is 8.84. The standard InChI is InChI=1S/C18H25F2N3O2/c1-23-9-7-13(8-10-23)21-18(24)22-16-4-2-3-12-11-14(25-17(19)20)5-6-15(12)16/h5-6,11,13,16-17H,2-4,7-10H2,1H3,(H2,21,22,24). The third kappa shape index (κ3) is 4.81. The molecule has 1 saturated heterocycles. The second kappa shape index (κ2) is 7.99. The van der Waals surface area contributed by atoms with Gasteiger partial charge in [0.1, 0.15) is 5.75 Å². The number of likely N-dealkylation sites (tertiary alicyclic amines) is 1. The van der Waals surface area contributed by atoms with Gasteiger partial charge in [0.15, 0.2) is 0 Å². The first-order chi connectivity index (χ1) is 12.0. The van der Waals surface area contributed by atoms with Crippen LogP contribution >= 0.6 is 0 Å². The molecular weight excluding hydrogens is 328 g/mol. The van der Waals surface area contributed by atoms with Gasteiger partial charge in [0.05, 0.1) is 6.04 Å². The van der Waals surface area contributed by atoms with Gasteiger partial charge >= 0.3 is 12.6 Å². The lowest BCUT2D eigenvalue weighted by molar-refractivity contribution is -0.0499. The molecule has 0 aromatic heterocycles. The summed E-state index contributed by atoms with van der Waals surface area (Å²) in [6.07, 6.45) is 4.48. The summed E-state index contributed by atoms with van der Waals surface area (Å²) in [7, 11) is 2.08. The summed E-state index contributed by atoms with van der Waals surface area (Å²) in [6.45, 7) is -0.843. The molecule has 25 heavy (non-hydrogen) atoms. The summed E-state index contributed by atoms with van der Waals surface area (Å²) in [4.78, 5) is 14.6. The topological polar surface area (TPSA) is 53.6 Å². The number of hydrogen-bond acceptors (Lipinski definition) is 3. The fourth-order valence-corrected chi connectivity index (χ4v) is 3.66. The highest BCUT2D eigenvalue weighted by Crippen LogP contribution is 2.32. The van der Waals surface area contributed by atoms with Crippen molar-refractivity contribution < 1.29 is 18.3 Å². The largest absolute Gasteiger partial charge is 0.435 e. The second-order valence-electron chi connectivity index (χ2n) is 6.88. The molecule has 1 aromatic carbocycles. The Labute approximate surface area is 146 Å². The van der Waals surface area contributed by atoms with E-state index in [2.05, 4.69) is 27.3 Å². The van der Waals surface area contributed by atoms with Crippen molar-refractivity contribution >= 4 is 6.03 Å². The number of aryl methyl sites for hydroxylation is 1. The number of halogens is 2. The van der Waals surface area contributed by atoms with Gasteiger partial charge in [-0.3, -0.25) is 0 Å². The Morgan fingerprint density at radius 1 is 1.24 bits per heavy atom. The number of nitrogens with zero attached hydrogens (tertiary/aromatic N) is 1. The van der Waals surface area contributed by atoms with E-state index in [0.29, 0.717) is 0 Å². The highest BCUT2D eigenvalue weighted by Gasteiger charge is 2.24.